The molecule has 8 nitrogen and oxygen atoms in total. The van der Waals surface area contributed by atoms with Gasteiger partial charge in [-0.15, -0.1) is 0 Å². The van der Waals surface area contributed by atoms with E-state index < -0.39 is 29.8 Å². The Balaban J connectivity index is 3.01. The van der Waals surface area contributed by atoms with Gasteiger partial charge < -0.3 is 9.47 Å². The number of ether oxygens (including phenoxy) is 2. The number of azide groups is 1. The van der Waals surface area contributed by atoms with Gasteiger partial charge >= 0.3 is 11.9 Å². The Morgan fingerprint density at radius 1 is 1.30 bits per heavy atom. The molecule has 0 radical (unpaired) electrons. The first kappa shape index (κ1) is 16.0. The molecule has 1 saturated carbocycles. The highest BCUT2D eigenvalue weighted by molar-refractivity contribution is 5.97. The zero-order chi connectivity index (χ0) is 15.1. The number of ketones is 1. The largest absolute Gasteiger partial charge is 0.465 e. The lowest BCUT2D eigenvalue weighted by molar-refractivity contribution is -0.164. The highest BCUT2D eigenvalue weighted by atomic mass is 16.6. The first-order chi connectivity index (χ1) is 9.54. The van der Waals surface area contributed by atoms with Crippen LogP contribution in [0.3, 0.4) is 0 Å². The number of rotatable bonds is 6. The van der Waals surface area contributed by atoms with E-state index in [0.29, 0.717) is 0 Å². The Hall–Kier alpha value is -2.08. The van der Waals surface area contributed by atoms with E-state index >= 15 is 0 Å². The lowest BCUT2D eigenvalue weighted by Gasteiger charge is -2.22. The molecule has 0 aromatic rings. The summed E-state index contributed by atoms with van der Waals surface area (Å²) < 4.78 is 9.72. The maximum absolute atomic E-state index is 11.9. The van der Waals surface area contributed by atoms with E-state index in [1.165, 1.54) is 0 Å². The van der Waals surface area contributed by atoms with E-state index in [1.807, 2.05) is 0 Å². The second kappa shape index (κ2) is 7.49. The van der Waals surface area contributed by atoms with Crippen LogP contribution in [0.5, 0.6) is 0 Å². The number of esters is 2. The maximum Gasteiger partial charge on any atom is 0.320 e. The Bertz CT molecular complexity index is 426. The monoisotopic (exact) mass is 283 g/mol. The van der Waals surface area contributed by atoms with Crippen molar-refractivity contribution in [3.63, 3.8) is 0 Å². The van der Waals surface area contributed by atoms with Crippen LogP contribution in [0.2, 0.25) is 0 Å². The number of nitrogens with zero attached hydrogens (tertiary/aromatic N) is 3. The summed E-state index contributed by atoms with van der Waals surface area (Å²) in [6.07, 6.45) is 0.0377. The molecule has 0 bridgehead atoms. The van der Waals surface area contributed by atoms with Gasteiger partial charge in [-0.3, -0.25) is 14.4 Å². The SMILES string of the molecule is CCOC(=O)C(C(=O)OCC)C1CC(=O)CC1N=[N+]=[N-]. The van der Waals surface area contributed by atoms with Crippen molar-refractivity contribution in [3.8, 4) is 0 Å². The van der Waals surface area contributed by atoms with E-state index in [-0.39, 0.29) is 31.8 Å². The van der Waals surface area contributed by atoms with Crippen molar-refractivity contribution in [1.29, 1.82) is 0 Å². The Morgan fingerprint density at radius 2 is 1.85 bits per heavy atom. The Labute approximate surface area is 116 Å². The van der Waals surface area contributed by atoms with E-state index in [1.54, 1.807) is 13.8 Å². The van der Waals surface area contributed by atoms with Gasteiger partial charge in [-0.1, -0.05) is 5.11 Å². The quantitative estimate of drug-likeness (QED) is 0.240. The third-order valence-electron chi connectivity index (χ3n) is 3.10. The van der Waals surface area contributed by atoms with Gasteiger partial charge in [-0.05, 0) is 25.3 Å². The van der Waals surface area contributed by atoms with Crippen LogP contribution in [-0.4, -0.2) is 37.0 Å². The maximum atomic E-state index is 11.9. The van der Waals surface area contributed by atoms with Gasteiger partial charge in [-0.25, -0.2) is 0 Å². The number of hydrogen-bond donors (Lipinski definition) is 0. The zero-order valence-corrected chi connectivity index (χ0v) is 11.4. The average molecular weight is 283 g/mol. The molecule has 1 aliphatic rings. The van der Waals surface area contributed by atoms with Crippen molar-refractivity contribution >= 4 is 17.7 Å². The molecule has 0 aromatic heterocycles. The molecule has 0 heterocycles. The molecule has 0 saturated heterocycles. The van der Waals surface area contributed by atoms with E-state index in [9.17, 15) is 14.4 Å². The summed E-state index contributed by atoms with van der Waals surface area (Å²) in [5.74, 6) is -3.56. The number of carbonyl (C=O) groups excluding carboxylic acids is 3. The number of hydrogen-bond acceptors (Lipinski definition) is 6. The highest BCUT2D eigenvalue weighted by Gasteiger charge is 2.46. The van der Waals surface area contributed by atoms with Crippen molar-refractivity contribution in [2.45, 2.75) is 32.7 Å². The van der Waals surface area contributed by atoms with Crippen LogP contribution in [0.1, 0.15) is 26.7 Å². The average Bonchev–Trinajstić information content (AvgIpc) is 2.72. The van der Waals surface area contributed by atoms with Crippen LogP contribution < -0.4 is 0 Å². The summed E-state index contributed by atoms with van der Waals surface area (Å²) in [7, 11) is 0. The summed E-state index contributed by atoms with van der Waals surface area (Å²) in [4.78, 5) is 38.0. The third-order valence-corrected chi connectivity index (χ3v) is 3.10. The number of Topliss-reactive ketones (excluding diaryl/α,β-unsaturated/α-hetero) is 1. The fourth-order valence-corrected chi connectivity index (χ4v) is 2.31. The minimum atomic E-state index is -1.23. The van der Waals surface area contributed by atoms with Gasteiger partial charge in [0.05, 0.1) is 13.2 Å². The normalized spacial score (nSPS) is 21.4. The molecule has 0 aromatic carbocycles. The third kappa shape index (κ3) is 3.71. The summed E-state index contributed by atoms with van der Waals surface area (Å²) in [6, 6.07) is -0.716. The summed E-state index contributed by atoms with van der Waals surface area (Å²) in [5.41, 5.74) is 8.51. The van der Waals surface area contributed by atoms with Gasteiger partial charge in [-0.2, -0.15) is 0 Å². The van der Waals surface area contributed by atoms with Crippen molar-refractivity contribution in [1.82, 2.24) is 0 Å². The predicted molar refractivity (Wildman–Crippen MR) is 67.4 cm³/mol. The van der Waals surface area contributed by atoms with E-state index in [0.717, 1.165) is 0 Å². The molecule has 0 N–H and O–H groups in total. The molecule has 20 heavy (non-hydrogen) atoms. The topological polar surface area (TPSA) is 118 Å². The highest BCUT2D eigenvalue weighted by Crippen LogP contribution is 2.33. The standard InChI is InChI=1S/C12H17N3O5/c1-3-19-11(17)10(12(18)20-4-2)8-5-7(16)6-9(8)14-15-13/h8-10H,3-6H2,1-2H3. The minimum absolute atomic E-state index is 0.00593. The van der Waals surface area contributed by atoms with Crippen LogP contribution in [-0.2, 0) is 23.9 Å². The van der Waals surface area contributed by atoms with Crippen LogP contribution in [0.4, 0.5) is 0 Å². The van der Waals surface area contributed by atoms with Gasteiger partial charge in [0, 0.05) is 23.8 Å². The molecule has 1 aliphatic carbocycles. The van der Waals surface area contributed by atoms with Gasteiger partial charge in [0.15, 0.2) is 5.92 Å². The van der Waals surface area contributed by atoms with E-state index in [2.05, 4.69) is 10.0 Å². The lowest BCUT2D eigenvalue weighted by atomic mass is 9.88. The second-order valence-corrected chi connectivity index (χ2v) is 4.36. The molecule has 0 spiro atoms. The molecule has 1 fully saturated rings. The molecular weight excluding hydrogens is 266 g/mol. The first-order valence-corrected chi connectivity index (χ1v) is 6.44. The van der Waals surface area contributed by atoms with Crippen molar-refractivity contribution < 1.29 is 23.9 Å². The first-order valence-electron chi connectivity index (χ1n) is 6.44. The van der Waals surface area contributed by atoms with Gasteiger partial charge in [0.25, 0.3) is 0 Å². The van der Waals surface area contributed by atoms with Gasteiger partial charge in [0.2, 0.25) is 0 Å². The molecule has 110 valence electrons. The molecule has 0 amide bonds. The summed E-state index contributed by atoms with van der Waals surface area (Å²) in [5, 5.41) is 3.51. The zero-order valence-electron chi connectivity index (χ0n) is 11.4. The fraction of sp³-hybridized carbons (Fsp3) is 0.750. The van der Waals surface area contributed by atoms with E-state index in [4.69, 9.17) is 15.0 Å². The lowest BCUT2D eigenvalue weighted by Crippen LogP contribution is -2.37. The smallest absolute Gasteiger partial charge is 0.320 e. The molecule has 2 atom stereocenters. The summed E-state index contributed by atoms with van der Waals surface area (Å²) >= 11 is 0. The van der Waals surface area contributed by atoms with Crippen molar-refractivity contribution in [3.05, 3.63) is 10.4 Å². The van der Waals surface area contributed by atoms with Crippen LogP contribution in [0.15, 0.2) is 5.11 Å². The minimum Gasteiger partial charge on any atom is -0.465 e. The van der Waals surface area contributed by atoms with Crippen molar-refractivity contribution in [2.75, 3.05) is 13.2 Å². The second-order valence-electron chi connectivity index (χ2n) is 4.36. The van der Waals surface area contributed by atoms with Gasteiger partial charge in [0.1, 0.15) is 5.78 Å². The molecule has 8 heteroatoms. The molecule has 2 unspecified atom stereocenters. The van der Waals surface area contributed by atoms with Crippen LogP contribution in [0, 0.1) is 11.8 Å². The number of carbonyl (C=O) groups is 3. The Morgan fingerprint density at radius 3 is 2.30 bits per heavy atom. The Kier molecular flexibility index (Phi) is 5.99. The molecular formula is C12H17N3O5. The van der Waals surface area contributed by atoms with Crippen molar-refractivity contribution in [2.24, 2.45) is 17.0 Å². The van der Waals surface area contributed by atoms with Crippen LogP contribution >= 0.6 is 0 Å². The van der Waals surface area contributed by atoms with Crippen LogP contribution in [0.25, 0.3) is 10.4 Å². The fourth-order valence-electron chi connectivity index (χ4n) is 2.31. The predicted octanol–water partition coefficient (Wildman–Crippen LogP) is 1.39. The summed E-state index contributed by atoms with van der Waals surface area (Å²) in [6.45, 7) is 3.46. The molecule has 1 rings (SSSR count). The molecule has 0 aliphatic heterocycles.